The summed E-state index contributed by atoms with van der Waals surface area (Å²) in [6.45, 7) is 3.89. The van der Waals surface area contributed by atoms with Crippen molar-refractivity contribution in [1.82, 2.24) is 0 Å². The highest BCUT2D eigenvalue weighted by Gasteiger charge is 2.40. The molecule has 7 nitrogen and oxygen atoms in total. The zero-order chi connectivity index (χ0) is 22.1. The van der Waals surface area contributed by atoms with Crippen LogP contribution in [0.5, 0.6) is 0 Å². The van der Waals surface area contributed by atoms with E-state index in [0.29, 0.717) is 16.9 Å². The number of nitro benzene ring substituents is 1. The van der Waals surface area contributed by atoms with Gasteiger partial charge in [-0.15, -0.1) is 0 Å². The number of para-hydroxylation sites is 1. The Balaban J connectivity index is 1.83. The van der Waals surface area contributed by atoms with Gasteiger partial charge in [-0.3, -0.25) is 19.7 Å². The molecule has 31 heavy (non-hydrogen) atoms. The lowest BCUT2D eigenvalue weighted by atomic mass is 10.0. The van der Waals surface area contributed by atoms with E-state index in [1.807, 2.05) is 32.0 Å². The van der Waals surface area contributed by atoms with Crippen LogP contribution in [-0.4, -0.2) is 16.7 Å². The molecule has 1 aliphatic rings. The average molecular weight is 413 g/mol. The largest absolute Gasteiger partial charge is 0.350 e. The number of carbonyl (C=O) groups is 2. The predicted octanol–water partition coefficient (Wildman–Crippen LogP) is 4.61. The average Bonchev–Trinajstić information content (AvgIpc) is 2.97. The molecule has 0 aromatic heterocycles. The van der Waals surface area contributed by atoms with Crippen LogP contribution >= 0.6 is 0 Å². The number of hydrogen-bond acceptors (Lipinski definition) is 5. The summed E-state index contributed by atoms with van der Waals surface area (Å²) in [7, 11) is 0. The number of benzene rings is 3. The van der Waals surface area contributed by atoms with Crippen LogP contribution in [-0.2, 0) is 9.59 Å². The number of imide groups is 1. The molecule has 1 N–H and O–H groups in total. The van der Waals surface area contributed by atoms with Crippen molar-refractivity contribution in [3.05, 3.63) is 105 Å². The van der Waals surface area contributed by atoms with Crippen LogP contribution in [0.25, 0.3) is 5.57 Å². The molecule has 0 spiro atoms. The van der Waals surface area contributed by atoms with Crippen molar-refractivity contribution in [2.24, 2.45) is 0 Å². The molecule has 0 saturated heterocycles. The minimum absolute atomic E-state index is 0.0927. The molecule has 154 valence electrons. The first-order valence-electron chi connectivity index (χ1n) is 9.63. The molecule has 0 unspecified atom stereocenters. The Morgan fingerprint density at radius 2 is 1.45 bits per heavy atom. The highest BCUT2D eigenvalue weighted by atomic mass is 16.6. The molecule has 0 saturated carbocycles. The van der Waals surface area contributed by atoms with Gasteiger partial charge in [0.25, 0.3) is 17.5 Å². The van der Waals surface area contributed by atoms with Gasteiger partial charge in [-0.25, -0.2) is 4.90 Å². The summed E-state index contributed by atoms with van der Waals surface area (Å²) in [4.78, 5) is 38.3. The van der Waals surface area contributed by atoms with E-state index < -0.39 is 16.7 Å². The molecule has 1 aliphatic heterocycles. The van der Waals surface area contributed by atoms with Crippen LogP contribution in [0.3, 0.4) is 0 Å². The van der Waals surface area contributed by atoms with Gasteiger partial charge in [-0.2, -0.15) is 0 Å². The third kappa shape index (κ3) is 3.81. The SMILES string of the molecule is Cc1cc(C)cc(NC2=C(c3ccc([N+](=O)[O-])cc3)C(=O)N(c3ccccc3)C2=O)c1. The Kier molecular flexibility index (Phi) is 5.09. The molecule has 3 aromatic carbocycles. The molecule has 4 rings (SSSR count). The Bertz CT molecular complexity index is 1210. The standard InChI is InChI=1S/C24H19N3O4/c1-15-12-16(2)14-18(13-15)25-22-21(17-8-10-20(11-9-17)27(30)31)23(28)26(24(22)29)19-6-4-3-5-7-19/h3-14,25H,1-2H3. The van der Waals surface area contributed by atoms with E-state index in [0.717, 1.165) is 16.0 Å². The first-order chi connectivity index (χ1) is 14.8. The number of hydrogen-bond donors (Lipinski definition) is 1. The maximum atomic E-state index is 13.3. The zero-order valence-corrected chi connectivity index (χ0v) is 17.0. The summed E-state index contributed by atoms with van der Waals surface area (Å²) < 4.78 is 0. The van der Waals surface area contributed by atoms with Crippen molar-refractivity contribution in [1.29, 1.82) is 0 Å². The van der Waals surface area contributed by atoms with Crippen LogP contribution in [0.4, 0.5) is 17.1 Å². The summed E-state index contributed by atoms with van der Waals surface area (Å²) in [5.74, 6) is -0.972. The Hall–Kier alpha value is -4.26. The van der Waals surface area contributed by atoms with E-state index in [1.165, 1.54) is 24.3 Å². The van der Waals surface area contributed by atoms with Crippen molar-refractivity contribution < 1.29 is 14.5 Å². The molecule has 0 fully saturated rings. The minimum Gasteiger partial charge on any atom is -0.350 e. The predicted molar refractivity (Wildman–Crippen MR) is 118 cm³/mol. The van der Waals surface area contributed by atoms with Crippen molar-refractivity contribution in [2.45, 2.75) is 13.8 Å². The number of nitro groups is 1. The number of nitrogens with zero attached hydrogens (tertiary/aromatic N) is 2. The van der Waals surface area contributed by atoms with Crippen LogP contribution < -0.4 is 10.2 Å². The maximum Gasteiger partial charge on any atom is 0.282 e. The molecule has 0 radical (unpaired) electrons. The van der Waals surface area contributed by atoms with Crippen molar-refractivity contribution in [3.8, 4) is 0 Å². The second-order valence-corrected chi connectivity index (χ2v) is 7.34. The number of non-ortho nitro benzene ring substituents is 1. The van der Waals surface area contributed by atoms with Crippen LogP contribution in [0.15, 0.2) is 78.5 Å². The van der Waals surface area contributed by atoms with Gasteiger partial charge >= 0.3 is 0 Å². The van der Waals surface area contributed by atoms with Gasteiger partial charge in [0.2, 0.25) is 0 Å². The second kappa shape index (κ2) is 7.87. The lowest BCUT2D eigenvalue weighted by molar-refractivity contribution is -0.384. The van der Waals surface area contributed by atoms with Crippen LogP contribution in [0, 0.1) is 24.0 Å². The molecule has 0 atom stereocenters. The minimum atomic E-state index is -0.509. The summed E-state index contributed by atoms with van der Waals surface area (Å²) in [6, 6.07) is 20.0. The first-order valence-corrected chi connectivity index (χ1v) is 9.63. The van der Waals surface area contributed by atoms with E-state index >= 15 is 0 Å². The van der Waals surface area contributed by atoms with E-state index in [-0.39, 0.29) is 17.0 Å². The third-order valence-electron chi connectivity index (χ3n) is 4.96. The normalized spacial score (nSPS) is 13.7. The first kappa shape index (κ1) is 20.0. The van der Waals surface area contributed by atoms with Crippen LogP contribution in [0.2, 0.25) is 0 Å². The lowest BCUT2D eigenvalue weighted by Crippen LogP contribution is -2.32. The summed E-state index contributed by atoms with van der Waals surface area (Å²) in [5, 5.41) is 14.1. The fourth-order valence-corrected chi connectivity index (χ4v) is 3.67. The molecule has 0 aliphatic carbocycles. The highest BCUT2D eigenvalue weighted by Crippen LogP contribution is 2.34. The smallest absolute Gasteiger partial charge is 0.282 e. The Morgan fingerprint density at radius 1 is 0.839 bits per heavy atom. The lowest BCUT2D eigenvalue weighted by Gasteiger charge is -2.15. The van der Waals surface area contributed by atoms with Gasteiger partial charge in [0.1, 0.15) is 5.70 Å². The summed E-state index contributed by atoms with van der Waals surface area (Å²) in [5.41, 5.74) is 3.79. The Labute approximate surface area is 178 Å². The van der Waals surface area contributed by atoms with Crippen molar-refractivity contribution in [3.63, 3.8) is 0 Å². The van der Waals surface area contributed by atoms with Gasteiger partial charge in [-0.05, 0) is 66.9 Å². The molecule has 1 heterocycles. The monoisotopic (exact) mass is 413 g/mol. The second-order valence-electron chi connectivity index (χ2n) is 7.34. The molecule has 3 aromatic rings. The van der Waals surface area contributed by atoms with Gasteiger partial charge < -0.3 is 5.32 Å². The Morgan fingerprint density at radius 3 is 2.03 bits per heavy atom. The fourth-order valence-electron chi connectivity index (χ4n) is 3.67. The number of nitrogens with one attached hydrogen (secondary N) is 1. The number of anilines is 2. The fraction of sp³-hybridized carbons (Fsp3) is 0.0833. The maximum absolute atomic E-state index is 13.3. The van der Waals surface area contributed by atoms with Crippen LogP contribution in [0.1, 0.15) is 16.7 Å². The quantitative estimate of drug-likeness (QED) is 0.375. The van der Waals surface area contributed by atoms with Gasteiger partial charge in [0.05, 0.1) is 16.2 Å². The zero-order valence-electron chi connectivity index (χ0n) is 17.0. The van der Waals surface area contributed by atoms with Gasteiger partial charge in [0.15, 0.2) is 0 Å². The van der Waals surface area contributed by atoms with E-state index in [2.05, 4.69) is 5.32 Å². The van der Waals surface area contributed by atoms with Gasteiger partial charge in [-0.1, -0.05) is 24.3 Å². The topological polar surface area (TPSA) is 92.6 Å². The molecule has 7 heteroatoms. The molecular formula is C24H19N3O4. The van der Waals surface area contributed by atoms with E-state index in [9.17, 15) is 19.7 Å². The number of rotatable bonds is 5. The third-order valence-corrected chi connectivity index (χ3v) is 4.96. The molecule has 0 bridgehead atoms. The molecule has 2 amide bonds. The highest BCUT2D eigenvalue weighted by molar-refractivity contribution is 6.46. The number of aryl methyl sites for hydroxylation is 2. The van der Waals surface area contributed by atoms with Crippen molar-refractivity contribution in [2.75, 3.05) is 10.2 Å². The van der Waals surface area contributed by atoms with E-state index in [1.54, 1.807) is 30.3 Å². The van der Waals surface area contributed by atoms with Gasteiger partial charge in [0, 0.05) is 17.8 Å². The van der Waals surface area contributed by atoms with E-state index in [4.69, 9.17) is 0 Å². The number of carbonyl (C=O) groups excluding carboxylic acids is 2. The molecular weight excluding hydrogens is 394 g/mol. The van der Waals surface area contributed by atoms with Crippen molar-refractivity contribution >= 4 is 34.4 Å². The number of amides is 2. The summed E-state index contributed by atoms with van der Waals surface area (Å²) in [6.07, 6.45) is 0. The summed E-state index contributed by atoms with van der Waals surface area (Å²) >= 11 is 0.